The lowest BCUT2D eigenvalue weighted by atomic mass is 9.94. The van der Waals surface area contributed by atoms with Gasteiger partial charge in [-0.3, -0.25) is 9.98 Å². The summed E-state index contributed by atoms with van der Waals surface area (Å²) in [5.74, 6) is 0.677. The minimum absolute atomic E-state index is 0.677. The molecule has 0 aliphatic carbocycles. The van der Waals surface area contributed by atoms with Crippen LogP contribution >= 0.6 is 0 Å². The van der Waals surface area contributed by atoms with Crippen LogP contribution < -0.4 is 10.6 Å². The number of nitrogens with one attached hydrogen (secondary N) is 2. The molecule has 0 saturated carbocycles. The predicted molar refractivity (Wildman–Crippen MR) is 86.8 cm³/mol. The van der Waals surface area contributed by atoms with Gasteiger partial charge in [-0.05, 0) is 63.5 Å². The highest BCUT2D eigenvalue weighted by molar-refractivity contribution is 6.00. The summed E-state index contributed by atoms with van der Waals surface area (Å²) in [5, 5.41) is 6.54. The first-order valence-corrected chi connectivity index (χ1v) is 7.60. The zero-order valence-corrected chi connectivity index (χ0v) is 12.7. The molecule has 2 aliphatic rings. The van der Waals surface area contributed by atoms with Crippen molar-refractivity contribution in [1.29, 1.82) is 0 Å². The van der Waals surface area contributed by atoms with Crippen molar-refractivity contribution < 1.29 is 0 Å². The molecule has 0 aromatic rings. The standard InChI is InChI=1S/C16H26N4/c1-13(15-3-7-17-8-4-15)19-11-12-20-14(2)16-5-9-18-10-6-16/h3-4,7,16-18H,5-6,8-12H2,1-2H3. The molecule has 0 radical (unpaired) electrons. The summed E-state index contributed by atoms with van der Waals surface area (Å²) < 4.78 is 0. The maximum atomic E-state index is 4.70. The van der Waals surface area contributed by atoms with Crippen LogP contribution in [0, 0.1) is 5.92 Å². The number of hydrogen-bond acceptors (Lipinski definition) is 4. The summed E-state index contributed by atoms with van der Waals surface area (Å²) in [6.45, 7) is 8.99. The van der Waals surface area contributed by atoms with Crippen LogP contribution in [0.5, 0.6) is 0 Å². The molecule has 0 bridgehead atoms. The summed E-state index contributed by atoms with van der Waals surface area (Å²) in [7, 11) is 0. The van der Waals surface area contributed by atoms with Gasteiger partial charge in [-0.2, -0.15) is 0 Å². The Morgan fingerprint density at radius 3 is 2.65 bits per heavy atom. The van der Waals surface area contributed by atoms with Gasteiger partial charge in [0.1, 0.15) is 0 Å². The summed E-state index contributed by atoms with van der Waals surface area (Å²) >= 11 is 0. The van der Waals surface area contributed by atoms with E-state index < -0.39 is 0 Å². The number of rotatable bonds is 5. The largest absolute Gasteiger partial charge is 0.387 e. The van der Waals surface area contributed by atoms with E-state index in [9.17, 15) is 0 Å². The van der Waals surface area contributed by atoms with Gasteiger partial charge < -0.3 is 10.6 Å². The van der Waals surface area contributed by atoms with Gasteiger partial charge in [0.2, 0.25) is 0 Å². The summed E-state index contributed by atoms with van der Waals surface area (Å²) in [6.07, 6.45) is 8.67. The normalized spacial score (nSPS) is 21.6. The van der Waals surface area contributed by atoms with E-state index in [0.717, 1.165) is 38.4 Å². The highest BCUT2D eigenvalue weighted by atomic mass is 14.9. The zero-order valence-electron chi connectivity index (χ0n) is 12.7. The van der Waals surface area contributed by atoms with E-state index in [4.69, 9.17) is 4.99 Å². The van der Waals surface area contributed by atoms with Crippen LogP contribution in [0.3, 0.4) is 0 Å². The monoisotopic (exact) mass is 274 g/mol. The van der Waals surface area contributed by atoms with E-state index >= 15 is 0 Å². The molecule has 1 fully saturated rings. The van der Waals surface area contributed by atoms with Crippen LogP contribution in [0.2, 0.25) is 0 Å². The van der Waals surface area contributed by atoms with E-state index in [1.165, 1.54) is 24.1 Å². The number of hydrogen-bond donors (Lipinski definition) is 2. The Labute approximate surface area is 122 Å². The quantitative estimate of drug-likeness (QED) is 0.595. The third-order valence-electron chi connectivity index (χ3n) is 3.98. The lowest BCUT2D eigenvalue weighted by Gasteiger charge is -2.22. The Kier molecular flexibility index (Phi) is 5.99. The summed E-state index contributed by atoms with van der Waals surface area (Å²) in [4.78, 5) is 9.31. The van der Waals surface area contributed by atoms with Crippen molar-refractivity contribution in [3.63, 3.8) is 0 Å². The molecule has 0 atom stereocenters. The van der Waals surface area contributed by atoms with Crippen LogP contribution in [0.1, 0.15) is 26.7 Å². The average Bonchev–Trinajstić information content (AvgIpc) is 2.53. The van der Waals surface area contributed by atoms with Gasteiger partial charge in [0, 0.05) is 18.0 Å². The van der Waals surface area contributed by atoms with Crippen molar-refractivity contribution in [3.8, 4) is 0 Å². The molecule has 0 unspecified atom stereocenters. The third kappa shape index (κ3) is 4.60. The predicted octanol–water partition coefficient (Wildman–Crippen LogP) is 1.95. The molecule has 20 heavy (non-hydrogen) atoms. The van der Waals surface area contributed by atoms with Crippen molar-refractivity contribution in [1.82, 2.24) is 10.6 Å². The topological polar surface area (TPSA) is 48.8 Å². The number of nitrogens with zero attached hydrogens (tertiary/aromatic N) is 2. The highest BCUT2D eigenvalue weighted by Gasteiger charge is 2.15. The first-order valence-electron chi connectivity index (χ1n) is 7.60. The fourth-order valence-corrected chi connectivity index (χ4v) is 2.63. The maximum absolute atomic E-state index is 4.70. The molecule has 0 amide bonds. The fraction of sp³-hybridized carbons (Fsp3) is 0.625. The van der Waals surface area contributed by atoms with E-state index in [1.54, 1.807) is 0 Å². The van der Waals surface area contributed by atoms with Crippen LogP contribution in [0.15, 0.2) is 33.9 Å². The minimum Gasteiger partial charge on any atom is -0.387 e. The molecule has 0 aromatic heterocycles. The lowest BCUT2D eigenvalue weighted by molar-refractivity contribution is 0.455. The van der Waals surface area contributed by atoms with Crippen molar-refractivity contribution in [2.45, 2.75) is 26.7 Å². The number of dihydropyridines is 1. The molecule has 2 N–H and O–H groups in total. The zero-order chi connectivity index (χ0) is 14.2. The maximum Gasteiger partial charge on any atom is 0.0588 e. The van der Waals surface area contributed by atoms with Gasteiger partial charge >= 0.3 is 0 Å². The Bertz CT molecular complexity index is 426. The molecule has 2 aliphatic heterocycles. The van der Waals surface area contributed by atoms with Gasteiger partial charge in [-0.15, -0.1) is 0 Å². The molecular weight excluding hydrogens is 248 g/mol. The van der Waals surface area contributed by atoms with Crippen LogP contribution in [0.25, 0.3) is 0 Å². The second-order valence-electron chi connectivity index (χ2n) is 5.42. The molecule has 4 nitrogen and oxygen atoms in total. The second kappa shape index (κ2) is 8.00. The second-order valence-corrected chi connectivity index (χ2v) is 5.42. The molecule has 2 heterocycles. The van der Waals surface area contributed by atoms with Crippen molar-refractivity contribution in [3.05, 3.63) is 23.9 Å². The van der Waals surface area contributed by atoms with Crippen molar-refractivity contribution in [2.24, 2.45) is 15.9 Å². The van der Waals surface area contributed by atoms with E-state index in [1.807, 2.05) is 6.20 Å². The number of allylic oxidation sites excluding steroid dienone is 2. The molecule has 0 spiro atoms. The summed E-state index contributed by atoms with van der Waals surface area (Å²) in [6, 6.07) is 0. The molecule has 0 aromatic carbocycles. The van der Waals surface area contributed by atoms with Crippen molar-refractivity contribution >= 4 is 11.4 Å². The Hall–Kier alpha value is -1.42. The van der Waals surface area contributed by atoms with Gasteiger partial charge in [0.25, 0.3) is 0 Å². The van der Waals surface area contributed by atoms with Crippen LogP contribution in [0.4, 0.5) is 0 Å². The summed E-state index contributed by atoms with van der Waals surface area (Å²) in [5.41, 5.74) is 3.64. The molecule has 2 rings (SSSR count). The van der Waals surface area contributed by atoms with Crippen LogP contribution in [-0.4, -0.2) is 44.1 Å². The Morgan fingerprint density at radius 2 is 1.95 bits per heavy atom. The lowest BCUT2D eigenvalue weighted by Crippen LogP contribution is -2.31. The average molecular weight is 274 g/mol. The number of aliphatic imine (C=N–C) groups is 2. The van der Waals surface area contributed by atoms with Crippen LogP contribution in [-0.2, 0) is 0 Å². The first kappa shape index (κ1) is 15.0. The Balaban J connectivity index is 1.77. The van der Waals surface area contributed by atoms with Gasteiger partial charge in [0.05, 0.1) is 13.1 Å². The van der Waals surface area contributed by atoms with E-state index in [2.05, 4.69) is 41.6 Å². The van der Waals surface area contributed by atoms with E-state index in [0.29, 0.717) is 5.92 Å². The first-order chi connectivity index (χ1) is 9.77. The molecular formula is C16H26N4. The van der Waals surface area contributed by atoms with Gasteiger partial charge in [-0.25, -0.2) is 0 Å². The highest BCUT2D eigenvalue weighted by Crippen LogP contribution is 2.13. The molecule has 110 valence electrons. The SMILES string of the molecule is CC(=NCCN=C(C)C1CCNCC1)C1=CCNC=C1. The fourth-order valence-electron chi connectivity index (χ4n) is 2.63. The Morgan fingerprint density at radius 1 is 1.20 bits per heavy atom. The third-order valence-corrected chi connectivity index (χ3v) is 3.98. The number of piperidine rings is 1. The minimum atomic E-state index is 0.677. The smallest absolute Gasteiger partial charge is 0.0588 e. The van der Waals surface area contributed by atoms with E-state index in [-0.39, 0.29) is 0 Å². The van der Waals surface area contributed by atoms with Gasteiger partial charge in [0.15, 0.2) is 0 Å². The van der Waals surface area contributed by atoms with Crippen molar-refractivity contribution in [2.75, 3.05) is 32.7 Å². The molecule has 1 saturated heterocycles. The molecule has 4 heteroatoms. The van der Waals surface area contributed by atoms with Gasteiger partial charge in [-0.1, -0.05) is 6.08 Å².